The van der Waals surface area contributed by atoms with Crippen molar-refractivity contribution in [3.63, 3.8) is 0 Å². The Labute approximate surface area is 147 Å². The van der Waals surface area contributed by atoms with Gasteiger partial charge in [0, 0.05) is 31.0 Å². The van der Waals surface area contributed by atoms with Crippen LogP contribution >= 0.6 is 0 Å². The average Bonchev–Trinajstić information content (AvgIpc) is 3.09. The molecule has 0 spiro atoms. The van der Waals surface area contributed by atoms with Crippen LogP contribution in [0.2, 0.25) is 0 Å². The van der Waals surface area contributed by atoms with Crippen molar-refractivity contribution in [1.82, 2.24) is 4.90 Å². The molecule has 1 saturated heterocycles. The quantitative estimate of drug-likeness (QED) is 0.909. The number of nitrogens with zero attached hydrogens (tertiary/aromatic N) is 1. The van der Waals surface area contributed by atoms with Crippen molar-refractivity contribution in [3.8, 4) is 11.3 Å². The van der Waals surface area contributed by atoms with Crippen LogP contribution in [0.5, 0.6) is 0 Å². The minimum Gasteiger partial charge on any atom is -0.461 e. The molecule has 0 radical (unpaired) electrons. The molecule has 2 N–H and O–H groups in total. The predicted molar refractivity (Wildman–Crippen MR) is 95.6 cm³/mol. The zero-order chi connectivity index (χ0) is 17.8. The lowest BCUT2D eigenvalue weighted by Gasteiger charge is -2.37. The second kappa shape index (κ2) is 7.55. The van der Waals surface area contributed by atoms with E-state index < -0.39 is 0 Å². The number of carbonyl (C=O) groups is 2. The van der Waals surface area contributed by atoms with Crippen LogP contribution in [0.15, 0.2) is 46.9 Å². The van der Waals surface area contributed by atoms with Crippen molar-refractivity contribution in [3.05, 3.63) is 48.2 Å². The minimum absolute atomic E-state index is 0.0520. The highest BCUT2D eigenvalue weighted by atomic mass is 16.3. The molecule has 2 atom stereocenters. The van der Waals surface area contributed by atoms with E-state index in [1.165, 1.54) is 0 Å². The van der Waals surface area contributed by atoms with Crippen LogP contribution in [-0.4, -0.2) is 29.3 Å². The van der Waals surface area contributed by atoms with Gasteiger partial charge in [0.2, 0.25) is 11.8 Å². The number of piperidine rings is 1. The number of hydrogen-bond donors (Lipinski definition) is 1. The average molecular weight is 340 g/mol. The molecule has 132 valence electrons. The van der Waals surface area contributed by atoms with E-state index in [4.69, 9.17) is 10.2 Å². The normalized spacial score (nSPS) is 20.4. The SMILES string of the molecule is C[C@H]1CC[C@@H](C(N)=O)CN1C(=O)CCc1ccc(-c2ccccc2)o1. The van der Waals surface area contributed by atoms with Gasteiger partial charge in [-0.05, 0) is 31.9 Å². The van der Waals surface area contributed by atoms with E-state index in [-0.39, 0.29) is 23.8 Å². The molecular formula is C20H24N2O3. The molecule has 25 heavy (non-hydrogen) atoms. The lowest BCUT2D eigenvalue weighted by Crippen LogP contribution is -2.48. The summed E-state index contributed by atoms with van der Waals surface area (Å²) in [6, 6.07) is 13.9. The first-order valence-corrected chi connectivity index (χ1v) is 8.77. The van der Waals surface area contributed by atoms with Gasteiger partial charge in [0.1, 0.15) is 11.5 Å². The van der Waals surface area contributed by atoms with Gasteiger partial charge < -0.3 is 15.1 Å². The molecule has 5 heteroatoms. The first-order chi connectivity index (χ1) is 12.0. The van der Waals surface area contributed by atoms with Crippen LogP contribution in [0.4, 0.5) is 0 Å². The van der Waals surface area contributed by atoms with Crippen LogP contribution in [-0.2, 0) is 16.0 Å². The standard InChI is InChI=1S/C20H24N2O3/c1-14-7-8-16(20(21)24)13-22(14)19(23)12-10-17-9-11-18(25-17)15-5-3-2-4-6-15/h2-6,9,11,14,16H,7-8,10,12-13H2,1H3,(H2,21,24)/t14-,16+/m0/s1. The van der Waals surface area contributed by atoms with Crippen molar-refractivity contribution >= 4 is 11.8 Å². The first kappa shape index (κ1) is 17.3. The topological polar surface area (TPSA) is 76.5 Å². The lowest BCUT2D eigenvalue weighted by molar-refractivity contribution is -0.137. The second-order valence-electron chi connectivity index (χ2n) is 6.70. The molecule has 1 aliphatic rings. The molecule has 2 heterocycles. The van der Waals surface area contributed by atoms with E-state index in [1.807, 2.05) is 49.4 Å². The number of nitrogens with two attached hydrogens (primary N) is 1. The number of furan rings is 1. The monoisotopic (exact) mass is 340 g/mol. The van der Waals surface area contributed by atoms with Gasteiger partial charge >= 0.3 is 0 Å². The highest BCUT2D eigenvalue weighted by Crippen LogP contribution is 2.25. The third kappa shape index (κ3) is 4.10. The fourth-order valence-electron chi connectivity index (χ4n) is 3.33. The van der Waals surface area contributed by atoms with E-state index >= 15 is 0 Å². The van der Waals surface area contributed by atoms with Gasteiger partial charge in [-0.2, -0.15) is 0 Å². The highest BCUT2D eigenvalue weighted by Gasteiger charge is 2.31. The summed E-state index contributed by atoms with van der Waals surface area (Å²) in [5.74, 6) is 1.11. The molecule has 3 rings (SSSR count). The van der Waals surface area contributed by atoms with Crippen molar-refractivity contribution in [2.24, 2.45) is 11.7 Å². The Morgan fingerprint density at radius 2 is 1.92 bits per heavy atom. The summed E-state index contributed by atoms with van der Waals surface area (Å²) in [7, 11) is 0. The van der Waals surface area contributed by atoms with Crippen LogP contribution in [0.1, 0.15) is 31.9 Å². The Bertz CT molecular complexity index is 738. The molecule has 1 aromatic carbocycles. The largest absolute Gasteiger partial charge is 0.461 e. The first-order valence-electron chi connectivity index (χ1n) is 8.77. The van der Waals surface area contributed by atoms with Crippen LogP contribution in [0, 0.1) is 5.92 Å². The maximum atomic E-state index is 12.6. The fourth-order valence-corrected chi connectivity index (χ4v) is 3.33. The number of amides is 2. The number of likely N-dealkylation sites (tertiary alicyclic amines) is 1. The van der Waals surface area contributed by atoms with E-state index in [9.17, 15) is 9.59 Å². The molecule has 1 fully saturated rings. The second-order valence-corrected chi connectivity index (χ2v) is 6.70. The third-order valence-electron chi connectivity index (χ3n) is 4.91. The van der Waals surface area contributed by atoms with Gasteiger partial charge in [-0.3, -0.25) is 9.59 Å². The number of aryl methyl sites for hydroxylation is 1. The minimum atomic E-state index is -0.316. The Morgan fingerprint density at radius 3 is 2.64 bits per heavy atom. The zero-order valence-corrected chi connectivity index (χ0v) is 14.5. The van der Waals surface area contributed by atoms with E-state index in [0.717, 1.165) is 29.9 Å². The van der Waals surface area contributed by atoms with Crippen LogP contribution < -0.4 is 5.73 Å². The van der Waals surface area contributed by atoms with Gasteiger partial charge in [0.25, 0.3) is 0 Å². The summed E-state index contributed by atoms with van der Waals surface area (Å²) in [4.78, 5) is 25.8. The Hall–Kier alpha value is -2.56. The summed E-state index contributed by atoms with van der Waals surface area (Å²) < 4.78 is 5.85. The summed E-state index contributed by atoms with van der Waals surface area (Å²) in [5, 5.41) is 0. The van der Waals surface area contributed by atoms with Gasteiger partial charge in [-0.1, -0.05) is 30.3 Å². The molecule has 2 amide bonds. The van der Waals surface area contributed by atoms with Gasteiger partial charge in [0.15, 0.2) is 0 Å². The Balaban J connectivity index is 1.59. The van der Waals surface area contributed by atoms with Crippen LogP contribution in [0.25, 0.3) is 11.3 Å². The van der Waals surface area contributed by atoms with Gasteiger partial charge in [-0.25, -0.2) is 0 Å². The van der Waals surface area contributed by atoms with Gasteiger partial charge in [0.05, 0.1) is 5.92 Å². The number of benzene rings is 1. The maximum absolute atomic E-state index is 12.6. The highest BCUT2D eigenvalue weighted by molar-refractivity contribution is 5.80. The Kier molecular flexibility index (Phi) is 5.22. The van der Waals surface area contributed by atoms with E-state index in [0.29, 0.717) is 19.4 Å². The molecule has 0 saturated carbocycles. The van der Waals surface area contributed by atoms with Crippen molar-refractivity contribution in [1.29, 1.82) is 0 Å². The summed E-state index contributed by atoms with van der Waals surface area (Å²) in [6.07, 6.45) is 2.50. The molecule has 0 aliphatic carbocycles. The van der Waals surface area contributed by atoms with Crippen molar-refractivity contribution in [2.75, 3.05) is 6.54 Å². The number of rotatable bonds is 5. The summed E-state index contributed by atoms with van der Waals surface area (Å²) in [6.45, 7) is 2.46. The lowest BCUT2D eigenvalue weighted by atomic mass is 9.92. The molecule has 1 aromatic heterocycles. The number of carbonyl (C=O) groups excluding carboxylic acids is 2. The fraction of sp³-hybridized carbons (Fsp3) is 0.400. The Morgan fingerprint density at radius 1 is 1.16 bits per heavy atom. The van der Waals surface area contributed by atoms with E-state index in [2.05, 4.69) is 0 Å². The number of hydrogen-bond acceptors (Lipinski definition) is 3. The van der Waals surface area contributed by atoms with Crippen molar-refractivity contribution in [2.45, 2.75) is 38.6 Å². The molecular weight excluding hydrogens is 316 g/mol. The molecule has 2 aromatic rings. The third-order valence-corrected chi connectivity index (χ3v) is 4.91. The molecule has 5 nitrogen and oxygen atoms in total. The van der Waals surface area contributed by atoms with Crippen molar-refractivity contribution < 1.29 is 14.0 Å². The maximum Gasteiger partial charge on any atom is 0.223 e. The molecule has 0 bridgehead atoms. The number of primary amides is 1. The van der Waals surface area contributed by atoms with Gasteiger partial charge in [-0.15, -0.1) is 0 Å². The smallest absolute Gasteiger partial charge is 0.223 e. The van der Waals surface area contributed by atoms with E-state index in [1.54, 1.807) is 4.90 Å². The van der Waals surface area contributed by atoms with Crippen LogP contribution in [0.3, 0.4) is 0 Å². The summed E-state index contributed by atoms with van der Waals surface area (Å²) >= 11 is 0. The zero-order valence-electron chi connectivity index (χ0n) is 14.5. The predicted octanol–water partition coefficient (Wildman–Crippen LogP) is 2.99. The summed E-state index contributed by atoms with van der Waals surface area (Å²) in [5.41, 5.74) is 6.43. The molecule has 0 unspecified atom stereocenters. The molecule has 1 aliphatic heterocycles.